The van der Waals surface area contributed by atoms with Crippen molar-refractivity contribution >= 4 is 17.5 Å². The molecule has 1 saturated carbocycles. The summed E-state index contributed by atoms with van der Waals surface area (Å²) in [4.78, 5) is 4.38. The molecule has 1 aliphatic carbocycles. The number of rotatable bonds is 6. The molecule has 0 unspecified atom stereocenters. The lowest BCUT2D eigenvalue weighted by Gasteiger charge is -2.10. The van der Waals surface area contributed by atoms with Crippen LogP contribution in [0.15, 0.2) is 24.4 Å². The first-order valence-corrected chi connectivity index (χ1v) is 6.74. The van der Waals surface area contributed by atoms with E-state index in [1.807, 2.05) is 18.2 Å². The molecule has 1 heterocycles. The summed E-state index contributed by atoms with van der Waals surface area (Å²) in [6.45, 7) is 0. The lowest BCUT2D eigenvalue weighted by Crippen LogP contribution is -2.06. The fraction of sp³-hybridized carbons (Fsp3) is 0.357. The van der Waals surface area contributed by atoms with Crippen molar-refractivity contribution in [1.82, 2.24) is 15.2 Å². The average Bonchev–Trinajstić information content (AvgIpc) is 3.31. The van der Waals surface area contributed by atoms with Crippen molar-refractivity contribution in [2.24, 2.45) is 0 Å². The van der Waals surface area contributed by atoms with Gasteiger partial charge in [-0.15, -0.1) is 5.10 Å². The number of nitrogens with zero attached hydrogens (tertiary/aromatic N) is 3. The van der Waals surface area contributed by atoms with Crippen LogP contribution in [0.25, 0.3) is 0 Å². The summed E-state index contributed by atoms with van der Waals surface area (Å²) < 4.78 is 10.5. The smallest absolute Gasteiger partial charge is 0.249 e. The van der Waals surface area contributed by atoms with Gasteiger partial charge in [0.1, 0.15) is 0 Å². The Morgan fingerprint density at radius 3 is 2.67 bits per heavy atom. The first-order valence-electron chi connectivity index (χ1n) is 6.74. The van der Waals surface area contributed by atoms with Gasteiger partial charge in [0, 0.05) is 17.8 Å². The van der Waals surface area contributed by atoms with Crippen molar-refractivity contribution < 1.29 is 9.47 Å². The molecule has 0 atom stereocenters. The number of hydrogen-bond donors (Lipinski definition) is 2. The molecule has 21 heavy (non-hydrogen) atoms. The van der Waals surface area contributed by atoms with Crippen LogP contribution in [0.3, 0.4) is 0 Å². The predicted molar refractivity (Wildman–Crippen MR) is 79.3 cm³/mol. The molecule has 7 heteroatoms. The summed E-state index contributed by atoms with van der Waals surface area (Å²) in [7, 11) is 3.20. The van der Waals surface area contributed by atoms with Gasteiger partial charge in [0.05, 0.1) is 20.4 Å². The summed E-state index contributed by atoms with van der Waals surface area (Å²) in [5, 5.41) is 14.3. The maximum absolute atomic E-state index is 5.27. The second-order valence-corrected chi connectivity index (χ2v) is 4.78. The molecular weight excluding hydrogens is 270 g/mol. The number of methoxy groups -OCH3 is 2. The minimum absolute atomic E-state index is 0.438. The largest absolute Gasteiger partial charge is 0.493 e. The number of nitrogens with one attached hydrogen (secondary N) is 2. The Kier molecular flexibility index (Phi) is 3.72. The quantitative estimate of drug-likeness (QED) is 0.843. The maximum Gasteiger partial charge on any atom is 0.249 e. The molecule has 0 bridgehead atoms. The summed E-state index contributed by atoms with van der Waals surface area (Å²) >= 11 is 0. The van der Waals surface area contributed by atoms with Crippen LogP contribution in [0.5, 0.6) is 11.5 Å². The van der Waals surface area contributed by atoms with Crippen LogP contribution in [0, 0.1) is 0 Å². The van der Waals surface area contributed by atoms with E-state index in [1.54, 1.807) is 20.4 Å². The molecular formula is C14H17N5O2. The Bertz CT molecular complexity index is 631. The van der Waals surface area contributed by atoms with Gasteiger partial charge in [-0.2, -0.15) is 10.1 Å². The van der Waals surface area contributed by atoms with Crippen LogP contribution in [0.4, 0.5) is 17.5 Å². The van der Waals surface area contributed by atoms with E-state index in [-0.39, 0.29) is 0 Å². The molecule has 0 saturated heterocycles. The highest BCUT2D eigenvalue weighted by molar-refractivity contribution is 5.60. The number of hydrogen-bond acceptors (Lipinski definition) is 7. The highest BCUT2D eigenvalue weighted by Gasteiger charge is 2.21. The van der Waals surface area contributed by atoms with Gasteiger partial charge in [-0.1, -0.05) is 0 Å². The Balaban J connectivity index is 1.76. The minimum Gasteiger partial charge on any atom is -0.493 e. The molecule has 2 aromatic rings. The molecule has 1 aliphatic rings. The van der Waals surface area contributed by atoms with E-state index < -0.39 is 0 Å². The minimum atomic E-state index is 0.438. The summed E-state index contributed by atoms with van der Waals surface area (Å²) in [6, 6.07) is 6.03. The Hall–Kier alpha value is -2.57. The van der Waals surface area contributed by atoms with E-state index in [2.05, 4.69) is 25.8 Å². The molecule has 0 aliphatic heterocycles. The number of benzene rings is 1. The Morgan fingerprint density at radius 1 is 1.14 bits per heavy atom. The zero-order valence-electron chi connectivity index (χ0n) is 12.0. The van der Waals surface area contributed by atoms with E-state index in [4.69, 9.17) is 9.47 Å². The van der Waals surface area contributed by atoms with Gasteiger partial charge in [0.15, 0.2) is 17.3 Å². The Morgan fingerprint density at radius 2 is 1.95 bits per heavy atom. The van der Waals surface area contributed by atoms with E-state index in [0.29, 0.717) is 23.5 Å². The van der Waals surface area contributed by atoms with Crippen molar-refractivity contribution in [2.45, 2.75) is 18.9 Å². The van der Waals surface area contributed by atoms with Gasteiger partial charge in [0.25, 0.3) is 0 Å². The standard InChI is InChI=1S/C14H17N5O2/c1-20-11-6-5-10(7-12(11)21-2)17-14-18-13(8-15-19-14)16-9-3-4-9/h5-9H,3-4H2,1-2H3,(H2,16,17,18,19). The van der Waals surface area contributed by atoms with Gasteiger partial charge in [0.2, 0.25) is 5.95 Å². The van der Waals surface area contributed by atoms with Gasteiger partial charge in [-0.25, -0.2) is 0 Å². The summed E-state index contributed by atoms with van der Waals surface area (Å²) in [5.41, 5.74) is 0.804. The van der Waals surface area contributed by atoms with Gasteiger partial charge in [-0.3, -0.25) is 0 Å². The van der Waals surface area contributed by atoms with Crippen LogP contribution in [-0.2, 0) is 0 Å². The second kappa shape index (κ2) is 5.82. The molecule has 1 aromatic heterocycles. The molecule has 3 rings (SSSR count). The third-order valence-electron chi connectivity index (χ3n) is 3.13. The third kappa shape index (κ3) is 3.31. The van der Waals surface area contributed by atoms with Crippen LogP contribution in [0.1, 0.15) is 12.8 Å². The van der Waals surface area contributed by atoms with Crippen molar-refractivity contribution in [2.75, 3.05) is 24.9 Å². The van der Waals surface area contributed by atoms with E-state index in [9.17, 15) is 0 Å². The molecule has 7 nitrogen and oxygen atoms in total. The molecule has 2 N–H and O–H groups in total. The zero-order chi connectivity index (χ0) is 14.7. The molecule has 110 valence electrons. The van der Waals surface area contributed by atoms with Crippen molar-refractivity contribution in [3.05, 3.63) is 24.4 Å². The number of ether oxygens (including phenoxy) is 2. The number of aromatic nitrogens is 3. The highest BCUT2D eigenvalue weighted by Crippen LogP contribution is 2.30. The molecule has 1 fully saturated rings. The topological polar surface area (TPSA) is 81.2 Å². The highest BCUT2D eigenvalue weighted by atomic mass is 16.5. The molecule has 1 aromatic carbocycles. The lowest BCUT2D eigenvalue weighted by atomic mass is 10.3. The normalized spacial score (nSPS) is 13.6. The van der Waals surface area contributed by atoms with Gasteiger partial charge < -0.3 is 20.1 Å². The molecule has 0 amide bonds. The van der Waals surface area contributed by atoms with E-state index >= 15 is 0 Å². The SMILES string of the molecule is COc1ccc(Nc2nncc(NC3CC3)n2)cc1OC. The number of anilines is 3. The first-order chi connectivity index (χ1) is 10.3. The van der Waals surface area contributed by atoms with Crippen LogP contribution < -0.4 is 20.1 Å². The second-order valence-electron chi connectivity index (χ2n) is 4.78. The summed E-state index contributed by atoms with van der Waals surface area (Å²) in [6.07, 6.45) is 3.99. The Labute approximate surface area is 122 Å². The molecule has 0 spiro atoms. The van der Waals surface area contributed by atoms with Crippen LogP contribution >= 0.6 is 0 Å². The van der Waals surface area contributed by atoms with Crippen molar-refractivity contribution in [1.29, 1.82) is 0 Å². The fourth-order valence-corrected chi connectivity index (χ4v) is 1.91. The monoisotopic (exact) mass is 287 g/mol. The van der Waals surface area contributed by atoms with Gasteiger partial charge >= 0.3 is 0 Å². The van der Waals surface area contributed by atoms with Crippen LogP contribution in [0.2, 0.25) is 0 Å². The van der Waals surface area contributed by atoms with E-state index in [1.165, 1.54) is 12.8 Å². The van der Waals surface area contributed by atoms with Gasteiger partial charge in [-0.05, 0) is 25.0 Å². The zero-order valence-corrected chi connectivity index (χ0v) is 12.0. The average molecular weight is 287 g/mol. The predicted octanol–water partition coefficient (Wildman–Crippen LogP) is 2.21. The third-order valence-corrected chi connectivity index (χ3v) is 3.13. The van der Waals surface area contributed by atoms with Crippen molar-refractivity contribution in [3.63, 3.8) is 0 Å². The summed E-state index contributed by atoms with van der Waals surface area (Å²) in [5.74, 6) is 2.48. The first kappa shape index (κ1) is 13.4. The maximum atomic E-state index is 5.27. The molecule has 0 radical (unpaired) electrons. The fourth-order valence-electron chi connectivity index (χ4n) is 1.91. The van der Waals surface area contributed by atoms with Crippen molar-refractivity contribution in [3.8, 4) is 11.5 Å². The van der Waals surface area contributed by atoms with E-state index in [0.717, 1.165) is 11.5 Å². The van der Waals surface area contributed by atoms with Crippen LogP contribution in [-0.4, -0.2) is 35.4 Å². The lowest BCUT2D eigenvalue weighted by molar-refractivity contribution is 0.355.